The van der Waals surface area contributed by atoms with Crippen LogP contribution in [0, 0.1) is 20.8 Å². The van der Waals surface area contributed by atoms with E-state index in [1.54, 1.807) is 42.8 Å². The number of hydrogen-bond acceptors (Lipinski definition) is 5. The number of rotatable bonds is 7. The highest BCUT2D eigenvalue weighted by molar-refractivity contribution is 6.35. The molecule has 0 aliphatic carbocycles. The first-order valence-corrected chi connectivity index (χ1v) is 12.4. The van der Waals surface area contributed by atoms with Gasteiger partial charge in [0.2, 0.25) is 5.91 Å². The van der Waals surface area contributed by atoms with Crippen LogP contribution in [-0.2, 0) is 17.9 Å². The molecule has 12 heteroatoms. The van der Waals surface area contributed by atoms with E-state index in [0.29, 0.717) is 39.4 Å². The van der Waals surface area contributed by atoms with Gasteiger partial charge in [-0.25, -0.2) is 18.4 Å². The highest BCUT2D eigenvalue weighted by Gasteiger charge is 2.23. The first kappa shape index (κ1) is 25.9. The quantitative estimate of drug-likeness (QED) is 0.238. The van der Waals surface area contributed by atoms with Gasteiger partial charge in [0, 0.05) is 15.6 Å². The highest BCUT2D eigenvalue weighted by Crippen LogP contribution is 2.33. The highest BCUT2D eigenvalue weighted by atomic mass is 35.5. The lowest BCUT2D eigenvalue weighted by Gasteiger charge is -2.10. The average Bonchev–Trinajstić information content (AvgIpc) is 3.57. The summed E-state index contributed by atoms with van der Waals surface area (Å²) in [5, 5.41) is 13.0. The number of carbonyl (C=O) groups excluding carboxylic acids is 1. The molecule has 196 valence electrons. The Morgan fingerprint density at radius 1 is 1.08 bits per heavy atom. The molecule has 38 heavy (non-hydrogen) atoms. The van der Waals surface area contributed by atoms with Crippen molar-refractivity contribution < 1.29 is 18.0 Å². The van der Waals surface area contributed by atoms with E-state index in [1.165, 1.54) is 17.0 Å². The zero-order chi connectivity index (χ0) is 27.1. The second kappa shape index (κ2) is 10.2. The fourth-order valence-electron chi connectivity index (χ4n) is 4.38. The Balaban J connectivity index is 1.43. The summed E-state index contributed by atoms with van der Waals surface area (Å²) in [6.45, 7) is 5.37. The number of amides is 1. The molecule has 0 saturated heterocycles. The molecule has 0 saturated carbocycles. The minimum Gasteiger partial charge on any atom is -0.463 e. The SMILES string of the molecule is Cc1nn(Cc2ccc(Cl)cc2Cl)c(C)c1NC(=O)Cn1nc(C)c2c(C(F)F)cc(-c3ccco3)nc21. The average molecular weight is 559 g/mol. The van der Waals surface area contributed by atoms with Gasteiger partial charge in [-0.15, -0.1) is 0 Å². The van der Waals surface area contributed by atoms with Crippen LogP contribution in [0.5, 0.6) is 0 Å². The topological polar surface area (TPSA) is 90.8 Å². The van der Waals surface area contributed by atoms with Crippen LogP contribution >= 0.6 is 23.2 Å². The van der Waals surface area contributed by atoms with Crippen molar-refractivity contribution in [3.05, 3.63) is 80.9 Å². The van der Waals surface area contributed by atoms with E-state index in [2.05, 4.69) is 20.5 Å². The van der Waals surface area contributed by atoms with E-state index < -0.39 is 12.3 Å². The van der Waals surface area contributed by atoms with Crippen molar-refractivity contribution in [2.75, 3.05) is 5.32 Å². The van der Waals surface area contributed by atoms with E-state index in [9.17, 15) is 13.6 Å². The predicted octanol–water partition coefficient (Wildman–Crippen LogP) is 6.74. The van der Waals surface area contributed by atoms with Crippen LogP contribution in [0.25, 0.3) is 22.5 Å². The zero-order valence-corrected chi connectivity index (χ0v) is 22.1. The van der Waals surface area contributed by atoms with Crippen molar-refractivity contribution >= 4 is 45.8 Å². The number of nitrogens with zero attached hydrogens (tertiary/aromatic N) is 5. The number of aromatic nitrogens is 5. The number of nitrogens with one attached hydrogen (secondary N) is 1. The molecule has 4 heterocycles. The Hall–Kier alpha value is -3.76. The molecule has 1 N–H and O–H groups in total. The van der Waals surface area contributed by atoms with Gasteiger partial charge in [-0.1, -0.05) is 29.3 Å². The van der Waals surface area contributed by atoms with Crippen molar-refractivity contribution in [2.45, 2.75) is 40.3 Å². The maximum absolute atomic E-state index is 14.0. The number of halogens is 4. The molecule has 1 amide bonds. The number of hydrogen-bond donors (Lipinski definition) is 1. The summed E-state index contributed by atoms with van der Waals surface area (Å²) in [6.07, 6.45) is -1.32. The molecule has 5 rings (SSSR count). The fourth-order valence-corrected chi connectivity index (χ4v) is 4.85. The van der Waals surface area contributed by atoms with Crippen LogP contribution in [0.3, 0.4) is 0 Å². The second-order valence-corrected chi connectivity index (χ2v) is 9.65. The Morgan fingerprint density at radius 3 is 2.53 bits per heavy atom. The summed E-state index contributed by atoms with van der Waals surface area (Å²) in [5.41, 5.74) is 3.23. The van der Waals surface area contributed by atoms with Gasteiger partial charge in [0.15, 0.2) is 11.4 Å². The predicted molar refractivity (Wildman–Crippen MR) is 141 cm³/mol. The molecule has 0 aliphatic rings. The number of aryl methyl sites for hydroxylation is 2. The van der Waals surface area contributed by atoms with Gasteiger partial charge in [0.25, 0.3) is 6.43 Å². The molecule has 0 unspecified atom stereocenters. The first-order valence-electron chi connectivity index (χ1n) is 11.6. The van der Waals surface area contributed by atoms with E-state index >= 15 is 0 Å². The zero-order valence-electron chi connectivity index (χ0n) is 20.6. The Morgan fingerprint density at radius 2 is 1.84 bits per heavy atom. The molecular weight excluding hydrogens is 537 g/mol. The number of pyridine rings is 1. The number of alkyl halides is 2. The van der Waals surface area contributed by atoms with Crippen molar-refractivity contribution in [2.24, 2.45) is 0 Å². The number of benzene rings is 1. The Labute approximate surface area is 226 Å². The van der Waals surface area contributed by atoms with E-state index in [-0.39, 0.29) is 28.8 Å². The molecule has 0 spiro atoms. The fraction of sp³-hybridized carbons (Fsp3) is 0.231. The molecule has 8 nitrogen and oxygen atoms in total. The van der Waals surface area contributed by atoms with Crippen LogP contribution in [0.4, 0.5) is 14.5 Å². The maximum atomic E-state index is 14.0. The van der Waals surface area contributed by atoms with Crippen molar-refractivity contribution in [1.82, 2.24) is 24.5 Å². The van der Waals surface area contributed by atoms with Crippen LogP contribution in [0.2, 0.25) is 10.0 Å². The standard InChI is InChI=1S/C26H22Cl2F2N6O2/c1-13-23-18(25(29)30)10-20(21-5-4-8-38-21)31-26(23)36(33-13)12-22(37)32-24-14(2)34-35(15(24)3)11-16-6-7-17(27)9-19(16)28/h4-10,25H,11-12H2,1-3H3,(H,32,37). The third-order valence-corrected chi connectivity index (χ3v) is 6.78. The van der Waals surface area contributed by atoms with Crippen molar-refractivity contribution in [1.29, 1.82) is 0 Å². The molecule has 4 aromatic heterocycles. The second-order valence-electron chi connectivity index (χ2n) is 8.80. The number of carbonyl (C=O) groups is 1. The van der Waals surface area contributed by atoms with Gasteiger partial charge in [0.05, 0.1) is 41.0 Å². The molecular formula is C26H22Cl2F2N6O2. The number of fused-ring (bicyclic) bond motifs is 1. The van der Waals surface area contributed by atoms with Crippen LogP contribution in [-0.4, -0.2) is 30.5 Å². The third kappa shape index (κ3) is 4.89. The molecule has 0 atom stereocenters. The molecule has 5 aromatic rings. The summed E-state index contributed by atoms with van der Waals surface area (Å²) in [4.78, 5) is 17.6. The van der Waals surface area contributed by atoms with Gasteiger partial charge in [-0.3, -0.25) is 9.48 Å². The normalized spacial score (nSPS) is 11.6. The lowest BCUT2D eigenvalue weighted by atomic mass is 10.1. The summed E-state index contributed by atoms with van der Waals surface area (Å²) >= 11 is 12.3. The minimum absolute atomic E-state index is 0.170. The molecule has 0 radical (unpaired) electrons. The molecule has 0 fully saturated rings. The van der Waals surface area contributed by atoms with E-state index in [4.69, 9.17) is 27.6 Å². The van der Waals surface area contributed by atoms with Crippen molar-refractivity contribution in [3.63, 3.8) is 0 Å². The third-order valence-electron chi connectivity index (χ3n) is 6.19. The largest absolute Gasteiger partial charge is 0.463 e. The summed E-state index contributed by atoms with van der Waals surface area (Å²) < 4.78 is 36.3. The number of anilines is 1. The Kier molecular flexibility index (Phi) is 6.93. The Bertz CT molecular complexity index is 1660. The molecule has 1 aromatic carbocycles. The van der Waals surface area contributed by atoms with Gasteiger partial charge in [-0.05, 0) is 56.7 Å². The summed E-state index contributed by atoms with van der Waals surface area (Å²) in [6, 6.07) is 9.79. The van der Waals surface area contributed by atoms with E-state index in [1.807, 2.05) is 13.0 Å². The van der Waals surface area contributed by atoms with E-state index in [0.717, 1.165) is 11.3 Å². The van der Waals surface area contributed by atoms with Crippen LogP contribution < -0.4 is 5.32 Å². The number of furan rings is 1. The summed E-state index contributed by atoms with van der Waals surface area (Å²) in [5.74, 6) is -0.0726. The van der Waals surface area contributed by atoms with Gasteiger partial charge >= 0.3 is 0 Å². The lowest BCUT2D eigenvalue weighted by molar-refractivity contribution is -0.116. The monoisotopic (exact) mass is 558 g/mol. The molecule has 0 bridgehead atoms. The first-order chi connectivity index (χ1) is 18.1. The maximum Gasteiger partial charge on any atom is 0.264 e. The van der Waals surface area contributed by atoms with Crippen LogP contribution in [0.15, 0.2) is 47.1 Å². The lowest BCUT2D eigenvalue weighted by Crippen LogP contribution is -2.20. The van der Waals surface area contributed by atoms with Crippen molar-refractivity contribution in [3.8, 4) is 11.5 Å². The minimum atomic E-state index is -2.76. The van der Waals surface area contributed by atoms with Gasteiger partial charge in [-0.2, -0.15) is 10.2 Å². The van der Waals surface area contributed by atoms with Gasteiger partial charge in [0.1, 0.15) is 12.2 Å². The molecule has 0 aliphatic heterocycles. The summed E-state index contributed by atoms with van der Waals surface area (Å²) in [7, 11) is 0. The van der Waals surface area contributed by atoms with Crippen LogP contribution in [0.1, 0.15) is 34.6 Å². The van der Waals surface area contributed by atoms with Gasteiger partial charge < -0.3 is 9.73 Å². The smallest absolute Gasteiger partial charge is 0.264 e.